The third kappa shape index (κ3) is 5.92. The smallest absolute Gasteiger partial charge is 0.0162 e. The molecule has 3 saturated carbocycles. The molecule has 0 radical (unpaired) electrons. The molecular weight excluding hydrogens is 360 g/mol. The van der Waals surface area contributed by atoms with Crippen LogP contribution in [0.3, 0.4) is 0 Å². The fourth-order valence-electron chi connectivity index (χ4n) is 7.19. The lowest BCUT2D eigenvalue weighted by atomic mass is 9.68. The van der Waals surface area contributed by atoms with Crippen LogP contribution in [-0.2, 0) is 0 Å². The number of benzene rings is 1. The molecule has 3 fully saturated rings. The zero-order chi connectivity index (χ0) is 20.8. The molecule has 0 saturated heterocycles. The van der Waals surface area contributed by atoms with E-state index in [2.05, 4.69) is 38.1 Å². The molecule has 0 spiro atoms. The Balaban J connectivity index is 1.20. The van der Waals surface area contributed by atoms with E-state index in [1.54, 1.807) is 24.0 Å². The highest BCUT2D eigenvalue weighted by atomic mass is 14.4. The zero-order valence-corrected chi connectivity index (χ0v) is 20.1. The third-order valence-corrected chi connectivity index (χ3v) is 9.44. The maximum atomic E-state index is 2.50. The molecule has 0 bridgehead atoms. The molecule has 0 amide bonds. The summed E-state index contributed by atoms with van der Waals surface area (Å²) in [6.07, 6.45) is 23.5. The van der Waals surface area contributed by atoms with Crippen molar-refractivity contribution < 1.29 is 0 Å². The lowest BCUT2D eigenvalue weighted by Gasteiger charge is -2.38. The van der Waals surface area contributed by atoms with Gasteiger partial charge in [0, 0.05) is 0 Å². The highest BCUT2D eigenvalue weighted by molar-refractivity contribution is 5.28. The molecule has 168 valence electrons. The summed E-state index contributed by atoms with van der Waals surface area (Å²) < 4.78 is 0. The lowest BCUT2D eigenvalue weighted by molar-refractivity contribution is 0.155. The second-order valence-corrected chi connectivity index (χ2v) is 11.5. The average molecular weight is 409 g/mol. The van der Waals surface area contributed by atoms with Crippen molar-refractivity contribution in [1.82, 2.24) is 0 Å². The number of hydrogen-bond acceptors (Lipinski definition) is 0. The van der Waals surface area contributed by atoms with Gasteiger partial charge in [-0.15, -0.1) is 0 Å². The van der Waals surface area contributed by atoms with Gasteiger partial charge in [0.25, 0.3) is 0 Å². The van der Waals surface area contributed by atoms with E-state index in [0.717, 1.165) is 35.5 Å². The lowest BCUT2D eigenvalue weighted by Crippen LogP contribution is -2.25. The molecule has 0 unspecified atom stereocenters. The predicted molar refractivity (Wildman–Crippen MR) is 131 cm³/mol. The predicted octanol–water partition coefficient (Wildman–Crippen LogP) is 9.64. The van der Waals surface area contributed by atoms with Gasteiger partial charge in [-0.2, -0.15) is 0 Å². The maximum Gasteiger partial charge on any atom is -0.0162 e. The van der Waals surface area contributed by atoms with E-state index in [0.29, 0.717) is 0 Å². The van der Waals surface area contributed by atoms with Crippen molar-refractivity contribution in [1.29, 1.82) is 0 Å². The summed E-state index contributed by atoms with van der Waals surface area (Å²) in [7, 11) is 0. The Morgan fingerprint density at radius 2 is 1.07 bits per heavy atom. The van der Waals surface area contributed by atoms with E-state index in [-0.39, 0.29) is 0 Å². The first-order valence-electron chi connectivity index (χ1n) is 13.8. The van der Waals surface area contributed by atoms with E-state index in [1.165, 1.54) is 89.9 Å². The molecule has 1 aromatic rings. The second kappa shape index (κ2) is 11.2. The van der Waals surface area contributed by atoms with E-state index in [4.69, 9.17) is 0 Å². The van der Waals surface area contributed by atoms with Gasteiger partial charge < -0.3 is 0 Å². The molecule has 3 aliphatic carbocycles. The maximum absolute atomic E-state index is 2.50. The standard InChI is InChI=1S/C30H48/c1-3-4-5-6-24-9-13-26(14-10-24)28-17-21-30(22-18-28)29-19-15-27(16-20-29)25-11-7-23(2)8-12-25/h15-16,19-20,23-26,28,30H,3-14,17-18,21-22H2,1-2H3. The van der Waals surface area contributed by atoms with Crippen molar-refractivity contribution in [3.8, 4) is 0 Å². The van der Waals surface area contributed by atoms with Crippen LogP contribution in [0.2, 0.25) is 0 Å². The van der Waals surface area contributed by atoms with Crippen LogP contribution in [0.5, 0.6) is 0 Å². The fraction of sp³-hybridized carbons (Fsp3) is 0.800. The molecular formula is C30H48. The highest BCUT2D eigenvalue weighted by Gasteiger charge is 2.31. The van der Waals surface area contributed by atoms with Gasteiger partial charge in [0.2, 0.25) is 0 Å². The van der Waals surface area contributed by atoms with Gasteiger partial charge in [-0.3, -0.25) is 0 Å². The molecule has 0 aromatic heterocycles. The molecule has 0 atom stereocenters. The minimum absolute atomic E-state index is 0.836. The Hall–Kier alpha value is -0.780. The zero-order valence-electron chi connectivity index (χ0n) is 20.1. The van der Waals surface area contributed by atoms with Crippen LogP contribution in [0, 0.1) is 23.7 Å². The molecule has 0 heteroatoms. The number of unbranched alkanes of at least 4 members (excludes halogenated alkanes) is 2. The summed E-state index contributed by atoms with van der Waals surface area (Å²) in [6.45, 7) is 4.76. The van der Waals surface area contributed by atoms with E-state index >= 15 is 0 Å². The van der Waals surface area contributed by atoms with Gasteiger partial charge in [-0.25, -0.2) is 0 Å². The first-order chi connectivity index (χ1) is 14.7. The summed E-state index contributed by atoms with van der Waals surface area (Å²) >= 11 is 0. The van der Waals surface area contributed by atoms with Gasteiger partial charge in [0.1, 0.15) is 0 Å². The van der Waals surface area contributed by atoms with E-state index < -0.39 is 0 Å². The monoisotopic (exact) mass is 408 g/mol. The van der Waals surface area contributed by atoms with E-state index in [9.17, 15) is 0 Å². The van der Waals surface area contributed by atoms with Crippen LogP contribution in [0.25, 0.3) is 0 Å². The molecule has 0 heterocycles. The van der Waals surface area contributed by atoms with Crippen molar-refractivity contribution in [3.05, 3.63) is 35.4 Å². The van der Waals surface area contributed by atoms with Crippen molar-refractivity contribution in [2.75, 3.05) is 0 Å². The molecule has 30 heavy (non-hydrogen) atoms. The highest BCUT2D eigenvalue weighted by Crippen LogP contribution is 2.45. The quantitative estimate of drug-likeness (QED) is 0.394. The van der Waals surface area contributed by atoms with Gasteiger partial charge >= 0.3 is 0 Å². The SMILES string of the molecule is CCCCCC1CCC(C2CCC(c3ccc(C4CCC(C)CC4)cc3)CC2)CC1. The Morgan fingerprint density at radius 3 is 1.57 bits per heavy atom. The Labute approximate surface area is 187 Å². The van der Waals surface area contributed by atoms with Crippen molar-refractivity contribution in [2.24, 2.45) is 23.7 Å². The Kier molecular flexibility index (Phi) is 8.36. The van der Waals surface area contributed by atoms with Crippen LogP contribution in [0.4, 0.5) is 0 Å². The van der Waals surface area contributed by atoms with Gasteiger partial charge in [0.15, 0.2) is 0 Å². The first kappa shape index (κ1) is 22.4. The molecule has 0 nitrogen and oxygen atoms in total. The molecule has 0 N–H and O–H groups in total. The minimum atomic E-state index is 0.836. The van der Waals surface area contributed by atoms with Crippen LogP contribution < -0.4 is 0 Å². The summed E-state index contributed by atoms with van der Waals surface area (Å²) in [5.41, 5.74) is 3.26. The average Bonchev–Trinajstić information content (AvgIpc) is 2.81. The first-order valence-corrected chi connectivity index (χ1v) is 13.8. The summed E-state index contributed by atoms with van der Waals surface area (Å²) in [6, 6.07) is 9.98. The van der Waals surface area contributed by atoms with Crippen molar-refractivity contribution >= 4 is 0 Å². The van der Waals surface area contributed by atoms with Gasteiger partial charge in [0.05, 0.1) is 0 Å². The Bertz CT molecular complexity index is 589. The topological polar surface area (TPSA) is 0 Å². The molecule has 3 aliphatic rings. The fourth-order valence-corrected chi connectivity index (χ4v) is 7.19. The van der Waals surface area contributed by atoms with Crippen LogP contribution >= 0.6 is 0 Å². The van der Waals surface area contributed by atoms with Crippen molar-refractivity contribution in [2.45, 2.75) is 128 Å². The summed E-state index contributed by atoms with van der Waals surface area (Å²) in [4.78, 5) is 0. The number of hydrogen-bond donors (Lipinski definition) is 0. The summed E-state index contributed by atoms with van der Waals surface area (Å²) in [5.74, 6) is 5.79. The van der Waals surface area contributed by atoms with Gasteiger partial charge in [-0.1, -0.05) is 89.5 Å². The Morgan fingerprint density at radius 1 is 0.600 bits per heavy atom. The normalized spacial score (nSPS) is 35.3. The number of rotatable bonds is 7. The van der Waals surface area contributed by atoms with Crippen LogP contribution in [0.1, 0.15) is 140 Å². The van der Waals surface area contributed by atoms with Crippen molar-refractivity contribution in [3.63, 3.8) is 0 Å². The van der Waals surface area contributed by atoms with E-state index in [1.807, 2.05) is 0 Å². The largest absolute Gasteiger partial charge is 0.0654 e. The molecule has 4 rings (SSSR count). The third-order valence-electron chi connectivity index (χ3n) is 9.44. The molecule has 1 aromatic carbocycles. The summed E-state index contributed by atoms with van der Waals surface area (Å²) in [5, 5.41) is 0. The van der Waals surface area contributed by atoms with Crippen LogP contribution in [0.15, 0.2) is 24.3 Å². The molecule has 0 aliphatic heterocycles. The van der Waals surface area contributed by atoms with Gasteiger partial charge in [-0.05, 0) is 98.0 Å². The minimum Gasteiger partial charge on any atom is -0.0654 e. The second-order valence-electron chi connectivity index (χ2n) is 11.5. The van der Waals surface area contributed by atoms with Crippen LogP contribution in [-0.4, -0.2) is 0 Å².